The molecule has 0 unspecified atom stereocenters. The van der Waals surface area contributed by atoms with Crippen molar-refractivity contribution in [2.24, 2.45) is 0 Å². The molecule has 0 aliphatic carbocycles. The number of nitrogens with zero attached hydrogens (tertiary/aromatic N) is 3. The van der Waals surface area contributed by atoms with Gasteiger partial charge in [0.2, 0.25) is 0 Å². The fourth-order valence-corrected chi connectivity index (χ4v) is 3.29. The fraction of sp³-hybridized carbons (Fsp3) is 0.316. The Balaban J connectivity index is 1.75. The lowest BCUT2D eigenvalue weighted by Crippen LogP contribution is -2.49. The number of anilines is 1. The van der Waals surface area contributed by atoms with E-state index >= 15 is 0 Å². The Morgan fingerprint density at radius 1 is 0.929 bits per heavy atom. The molecule has 0 saturated carbocycles. The van der Waals surface area contributed by atoms with Crippen LogP contribution in [0.3, 0.4) is 0 Å². The Morgan fingerprint density at radius 2 is 1.54 bits per heavy atom. The number of piperazine rings is 1. The number of rotatable bonds is 3. The summed E-state index contributed by atoms with van der Waals surface area (Å²) in [5.41, 5.74) is 0.716. The molecule has 2 aromatic carbocycles. The maximum atomic E-state index is 14.3. The van der Waals surface area contributed by atoms with Gasteiger partial charge in [-0.2, -0.15) is 0 Å². The minimum absolute atomic E-state index is 0.0877. The lowest BCUT2D eigenvalue weighted by atomic mass is 10.1. The summed E-state index contributed by atoms with van der Waals surface area (Å²) in [6, 6.07) is 4.18. The summed E-state index contributed by atoms with van der Waals surface area (Å²) in [7, 11) is 0. The third-order valence-corrected chi connectivity index (χ3v) is 4.87. The van der Waals surface area contributed by atoms with Gasteiger partial charge in [0.15, 0.2) is 17.5 Å². The molecular weight excluding hydrogens is 375 g/mol. The van der Waals surface area contributed by atoms with Crippen LogP contribution in [0.1, 0.15) is 21.5 Å². The van der Waals surface area contributed by atoms with Crippen molar-refractivity contribution in [1.29, 1.82) is 0 Å². The van der Waals surface area contributed by atoms with Crippen LogP contribution in [0.15, 0.2) is 24.3 Å². The molecule has 0 spiro atoms. The molecule has 0 aromatic heterocycles. The smallest absolute Gasteiger partial charge is 0.275 e. The molecule has 1 heterocycles. The van der Waals surface area contributed by atoms with Crippen LogP contribution in [0, 0.1) is 41.4 Å². The summed E-state index contributed by atoms with van der Waals surface area (Å²) < 4.78 is 41.1. The highest BCUT2D eigenvalue weighted by molar-refractivity contribution is 5.95. The van der Waals surface area contributed by atoms with E-state index in [-0.39, 0.29) is 30.0 Å². The maximum Gasteiger partial charge on any atom is 0.275 e. The van der Waals surface area contributed by atoms with E-state index in [1.807, 2.05) is 0 Å². The van der Waals surface area contributed by atoms with Gasteiger partial charge in [0.25, 0.3) is 11.6 Å². The van der Waals surface area contributed by atoms with Gasteiger partial charge in [-0.1, -0.05) is 0 Å². The highest BCUT2D eigenvalue weighted by atomic mass is 19.2. The maximum absolute atomic E-state index is 14.3. The normalized spacial score (nSPS) is 14.3. The lowest BCUT2D eigenvalue weighted by Gasteiger charge is -2.36. The van der Waals surface area contributed by atoms with Gasteiger partial charge in [0.05, 0.1) is 16.7 Å². The van der Waals surface area contributed by atoms with Gasteiger partial charge in [0, 0.05) is 37.3 Å². The molecule has 0 radical (unpaired) electrons. The Bertz CT molecular complexity index is 957. The molecule has 148 valence electrons. The zero-order chi connectivity index (χ0) is 20.6. The van der Waals surface area contributed by atoms with Crippen molar-refractivity contribution >= 4 is 17.3 Å². The zero-order valence-electron chi connectivity index (χ0n) is 15.3. The van der Waals surface area contributed by atoms with Crippen molar-refractivity contribution in [1.82, 2.24) is 4.90 Å². The van der Waals surface area contributed by atoms with Gasteiger partial charge in [-0.25, -0.2) is 13.2 Å². The number of carbonyl (C=O) groups is 1. The van der Waals surface area contributed by atoms with Gasteiger partial charge in [-0.15, -0.1) is 0 Å². The first-order valence-electron chi connectivity index (χ1n) is 8.63. The summed E-state index contributed by atoms with van der Waals surface area (Å²) in [6.07, 6.45) is 0. The molecule has 0 bridgehead atoms. The van der Waals surface area contributed by atoms with Crippen LogP contribution in [0.25, 0.3) is 0 Å². The predicted molar refractivity (Wildman–Crippen MR) is 97.0 cm³/mol. The second-order valence-corrected chi connectivity index (χ2v) is 6.71. The topological polar surface area (TPSA) is 66.7 Å². The average Bonchev–Trinajstić information content (AvgIpc) is 2.65. The van der Waals surface area contributed by atoms with E-state index in [4.69, 9.17) is 0 Å². The van der Waals surface area contributed by atoms with Crippen LogP contribution in [0.2, 0.25) is 0 Å². The minimum Gasteiger partial charge on any atom is -0.366 e. The van der Waals surface area contributed by atoms with Gasteiger partial charge >= 0.3 is 0 Å². The number of carbonyl (C=O) groups excluding carboxylic acids is 1. The van der Waals surface area contributed by atoms with Gasteiger partial charge in [-0.3, -0.25) is 14.9 Å². The molecule has 1 aliphatic rings. The molecule has 0 atom stereocenters. The van der Waals surface area contributed by atoms with Crippen LogP contribution in [-0.4, -0.2) is 41.9 Å². The Hall–Kier alpha value is -3.10. The van der Waals surface area contributed by atoms with Crippen LogP contribution in [0.5, 0.6) is 0 Å². The Morgan fingerprint density at radius 3 is 2.14 bits per heavy atom. The monoisotopic (exact) mass is 393 g/mol. The largest absolute Gasteiger partial charge is 0.366 e. The summed E-state index contributed by atoms with van der Waals surface area (Å²) >= 11 is 0. The SMILES string of the molecule is Cc1cc(F)c(F)cc1C(=O)N1CCN(c2cc(C)c([N+](=O)[O-])cc2F)CC1. The summed E-state index contributed by atoms with van der Waals surface area (Å²) in [5.74, 6) is -3.22. The first-order chi connectivity index (χ1) is 13.2. The second-order valence-electron chi connectivity index (χ2n) is 6.71. The van der Waals surface area contributed by atoms with Crippen molar-refractivity contribution < 1.29 is 22.9 Å². The van der Waals surface area contributed by atoms with E-state index in [2.05, 4.69) is 0 Å². The third-order valence-electron chi connectivity index (χ3n) is 4.87. The molecule has 1 fully saturated rings. The van der Waals surface area contributed by atoms with Crippen molar-refractivity contribution in [2.75, 3.05) is 31.1 Å². The van der Waals surface area contributed by atoms with E-state index in [0.717, 1.165) is 18.2 Å². The quantitative estimate of drug-likeness (QED) is 0.591. The van der Waals surface area contributed by atoms with Crippen molar-refractivity contribution in [3.8, 4) is 0 Å². The lowest BCUT2D eigenvalue weighted by molar-refractivity contribution is -0.385. The minimum atomic E-state index is -1.09. The Kier molecular flexibility index (Phi) is 5.26. The number of hydrogen-bond donors (Lipinski definition) is 0. The molecule has 1 amide bonds. The molecule has 0 N–H and O–H groups in total. The van der Waals surface area contributed by atoms with E-state index in [0.29, 0.717) is 24.2 Å². The van der Waals surface area contributed by atoms with E-state index in [9.17, 15) is 28.1 Å². The standard InChI is InChI=1S/C19H18F3N3O3/c1-11-7-14(20)15(21)9-13(11)19(26)24-5-3-23(4-6-24)18-8-12(2)17(25(27)28)10-16(18)22/h7-10H,3-6H2,1-2H3. The molecule has 2 aromatic rings. The summed E-state index contributed by atoms with van der Waals surface area (Å²) in [5, 5.41) is 10.9. The molecule has 28 heavy (non-hydrogen) atoms. The van der Waals surface area contributed by atoms with E-state index < -0.39 is 28.3 Å². The number of halogens is 3. The van der Waals surface area contributed by atoms with E-state index in [1.165, 1.54) is 24.8 Å². The highest BCUT2D eigenvalue weighted by Gasteiger charge is 2.26. The molecule has 9 heteroatoms. The van der Waals surface area contributed by atoms with Crippen LogP contribution in [-0.2, 0) is 0 Å². The molecular formula is C19H18F3N3O3. The van der Waals surface area contributed by atoms with Gasteiger partial charge in [0.1, 0.15) is 0 Å². The number of hydrogen-bond acceptors (Lipinski definition) is 4. The number of benzene rings is 2. The molecule has 1 saturated heterocycles. The first kappa shape index (κ1) is 19.7. The average molecular weight is 393 g/mol. The predicted octanol–water partition coefficient (Wildman–Crippen LogP) is 3.59. The number of nitro benzene ring substituents is 1. The molecule has 6 nitrogen and oxygen atoms in total. The van der Waals surface area contributed by atoms with Crippen molar-refractivity contribution in [3.05, 3.63) is 68.5 Å². The van der Waals surface area contributed by atoms with Crippen molar-refractivity contribution in [2.45, 2.75) is 13.8 Å². The van der Waals surface area contributed by atoms with Crippen LogP contribution < -0.4 is 4.90 Å². The number of aryl methyl sites for hydroxylation is 2. The summed E-state index contributed by atoms with van der Waals surface area (Å²) in [6.45, 7) is 4.19. The highest BCUT2D eigenvalue weighted by Crippen LogP contribution is 2.29. The van der Waals surface area contributed by atoms with Crippen LogP contribution >= 0.6 is 0 Å². The van der Waals surface area contributed by atoms with Crippen LogP contribution in [0.4, 0.5) is 24.5 Å². The zero-order valence-corrected chi connectivity index (χ0v) is 15.3. The molecule has 1 aliphatic heterocycles. The number of amides is 1. The summed E-state index contributed by atoms with van der Waals surface area (Å²) in [4.78, 5) is 26.1. The van der Waals surface area contributed by atoms with Crippen molar-refractivity contribution in [3.63, 3.8) is 0 Å². The third kappa shape index (κ3) is 3.64. The van der Waals surface area contributed by atoms with Gasteiger partial charge in [-0.05, 0) is 37.6 Å². The van der Waals surface area contributed by atoms with E-state index in [1.54, 1.807) is 4.90 Å². The van der Waals surface area contributed by atoms with Gasteiger partial charge < -0.3 is 9.80 Å². The number of nitro groups is 1. The molecule has 3 rings (SSSR count). The second kappa shape index (κ2) is 7.49. The first-order valence-corrected chi connectivity index (χ1v) is 8.63. The Labute approximate surface area is 159 Å². The fourth-order valence-electron chi connectivity index (χ4n) is 3.29.